The molecule has 1 heterocycles. The zero-order valence-corrected chi connectivity index (χ0v) is 15.6. The summed E-state index contributed by atoms with van der Waals surface area (Å²) in [5.41, 5.74) is -0.396. The Kier molecular flexibility index (Phi) is 6.16. The van der Waals surface area contributed by atoms with Gasteiger partial charge in [0.25, 0.3) is 5.92 Å². The van der Waals surface area contributed by atoms with Crippen LogP contribution in [0.1, 0.15) is 77.1 Å². The largest absolute Gasteiger partial charge is 0.459 e. The standard InChI is InChI=1S/C18H29F2N3O2/c1-5-11-17(3,6-2)25-15(24)12-13-9-7-8-10-14-16(18(13,19)20)21-22-23(14)4/h13H,5-12H2,1-4H3. The molecule has 2 unspecified atom stereocenters. The molecule has 0 amide bonds. The number of alkyl halides is 2. The molecule has 0 N–H and O–H groups in total. The number of fused-ring (bicyclic) bond motifs is 1. The Labute approximate surface area is 148 Å². The van der Waals surface area contributed by atoms with Crippen LogP contribution >= 0.6 is 0 Å². The number of rotatable bonds is 6. The molecule has 1 aliphatic carbocycles. The van der Waals surface area contributed by atoms with E-state index in [2.05, 4.69) is 10.3 Å². The molecule has 1 aromatic heterocycles. The van der Waals surface area contributed by atoms with E-state index in [1.165, 1.54) is 4.68 Å². The Balaban J connectivity index is 2.17. The van der Waals surface area contributed by atoms with Crippen LogP contribution in [0.5, 0.6) is 0 Å². The fourth-order valence-electron chi connectivity index (χ4n) is 3.55. The second-order valence-electron chi connectivity index (χ2n) is 7.31. The van der Waals surface area contributed by atoms with Gasteiger partial charge in [-0.05, 0) is 39.0 Å². The molecule has 142 valence electrons. The highest BCUT2D eigenvalue weighted by Crippen LogP contribution is 2.43. The number of nitrogens with zero attached hydrogens (tertiary/aromatic N) is 3. The second kappa shape index (κ2) is 7.79. The molecule has 1 aliphatic rings. The molecule has 0 aromatic carbocycles. The van der Waals surface area contributed by atoms with Crippen molar-refractivity contribution in [1.82, 2.24) is 15.0 Å². The Bertz CT molecular complexity index is 603. The molecular weight excluding hydrogens is 328 g/mol. The predicted octanol–water partition coefficient (Wildman–Crippen LogP) is 4.15. The molecule has 7 heteroatoms. The maximum Gasteiger partial charge on any atom is 0.306 e. The lowest BCUT2D eigenvalue weighted by molar-refractivity contribution is -0.166. The fourth-order valence-corrected chi connectivity index (χ4v) is 3.55. The van der Waals surface area contributed by atoms with Gasteiger partial charge < -0.3 is 4.74 Å². The van der Waals surface area contributed by atoms with Gasteiger partial charge in [0, 0.05) is 13.0 Å². The zero-order chi connectivity index (χ0) is 18.7. The second-order valence-corrected chi connectivity index (χ2v) is 7.31. The first-order valence-electron chi connectivity index (χ1n) is 9.22. The molecule has 0 saturated heterocycles. The van der Waals surface area contributed by atoms with Crippen molar-refractivity contribution in [2.24, 2.45) is 13.0 Å². The summed E-state index contributed by atoms with van der Waals surface area (Å²) in [5.74, 6) is -4.82. The molecule has 0 spiro atoms. The maximum atomic E-state index is 15.0. The van der Waals surface area contributed by atoms with Crippen molar-refractivity contribution in [3.8, 4) is 0 Å². The van der Waals surface area contributed by atoms with E-state index < -0.39 is 23.4 Å². The van der Waals surface area contributed by atoms with Crippen LogP contribution in [0.4, 0.5) is 8.78 Å². The lowest BCUT2D eigenvalue weighted by Crippen LogP contribution is -2.35. The Morgan fingerprint density at radius 3 is 2.76 bits per heavy atom. The van der Waals surface area contributed by atoms with Gasteiger partial charge in [0.05, 0.1) is 12.1 Å². The van der Waals surface area contributed by atoms with Crippen LogP contribution in [-0.4, -0.2) is 26.6 Å². The molecule has 1 aromatic rings. The minimum atomic E-state index is -3.17. The zero-order valence-electron chi connectivity index (χ0n) is 15.6. The average molecular weight is 357 g/mol. The van der Waals surface area contributed by atoms with Gasteiger partial charge in [0.2, 0.25) is 0 Å². The van der Waals surface area contributed by atoms with E-state index in [0.717, 1.165) is 19.3 Å². The van der Waals surface area contributed by atoms with Crippen molar-refractivity contribution in [1.29, 1.82) is 0 Å². The van der Waals surface area contributed by atoms with E-state index in [0.29, 0.717) is 25.0 Å². The van der Waals surface area contributed by atoms with Crippen molar-refractivity contribution < 1.29 is 18.3 Å². The van der Waals surface area contributed by atoms with Crippen molar-refractivity contribution in [2.45, 2.75) is 83.7 Å². The molecule has 0 aliphatic heterocycles. The highest BCUT2D eigenvalue weighted by Gasteiger charge is 2.47. The summed E-state index contributed by atoms with van der Waals surface area (Å²) >= 11 is 0. The summed E-state index contributed by atoms with van der Waals surface area (Å²) in [5, 5.41) is 7.46. The lowest BCUT2D eigenvalue weighted by atomic mass is 9.85. The smallest absolute Gasteiger partial charge is 0.306 e. The van der Waals surface area contributed by atoms with E-state index in [-0.39, 0.29) is 18.5 Å². The van der Waals surface area contributed by atoms with Gasteiger partial charge in [-0.25, -0.2) is 0 Å². The number of carbonyl (C=O) groups excluding carboxylic acids is 1. The predicted molar refractivity (Wildman–Crippen MR) is 90.3 cm³/mol. The topological polar surface area (TPSA) is 57.0 Å². The number of halogens is 2. The molecule has 0 saturated carbocycles. The molecule has 0 bridgehead atoms. The number of ether oxygens (including phenoxy) is 1. The number of aryl methyl sites for hydroxylation is 1. The summed E-state index contributed by atoms with van der Waals surface area (Å²) < 4.78 is 37.0. The lowest BCUT2D eigenvalue weighted by Gasteiger charge is -2.31. The van der Waals surface area contributed by atoms with Gasteiger partial charge in [-0.1, -0.05) is 31.9 Å². The summed E-state index contributed by atoms with van der Waals surface area (Å²) in [6, 6.07) is 0. The van der Waals surface area contributed by atoms with Gasteiger partial charge >= 0.3 is 5.97 Å². The van der Waals surface area contributed by atoms with Crippen molar-refractivity contribution in [2.75, 3.05) is 0 Å². The van der Waals surface area contributed by atoms with Gasteiger partial charge in [0.1, 0.15) is 5.60 Å². The van der Waals surface area contributed by atoms with Crippen molar-refractivity contribution in [3.05, 3.63) is 11.4 Å². The van der Waals surface area contributed by atoms with E-state index in [9.17, 15) is 4.79 Å². The number of aromatic nitrogens is 3. The van der Waals surface area contributed by atoms with Crippen molar-refractivity contribution >= 4 is 5.97 Å². The summed E-state index contributed by atoms with van der Waals surface area (Å²) in [7, 11) is 1.63. The first-order chi connectivity index (χ1) is 11.7. The average Bonchev–Trinajstić information content (AvgIpc) is 2.90. The summed E-state index contributed by atoms with van der Waals surface area (Å²) in [6.45, 7) is 5.82. The summed E-state index contributed by atoms with van der Waals surface area (Å²) in [6.07, 6.45) is 4.25. The van der Waals surface area contributed by atoms with Crippen LogP contribution in [0.2, 0.25) is 0 Å². The normalized spacial score (nSPS) is 22.4. The molecule has 0 radical (unpaired) electrons. The molecule has 0 fully saturated rings. The van der Waals surface area contributed by atoms with E-state index in [1.807, 2.05) is 20.8 Å². The van der Waals surface area contributed by atoms with Crippen LogP contribution < -0.4 is 0 Å². The Hall–Kier alpha value is -1.53. The van der Waals surface area contributed by atoms with Gasteiger partial charge in [-0.3, -0.25) is 9.48 Å². The third kappa shape index (κ3) is 4.36. The highest BCUT2D eigenvalue weighted by molar-refractivity contribution is 5.70. The minimum Gasteiger partial charge on any atom is -0.459 e. The Morgan fingerprint density at radius 1 is 1.40 bits per heavy atom. The molecular formula is C18H29F2N3O2. The van der Waals surface area contributed by atoms with E-state index >= 15 is 8.78 Å². The fraction of sp³-hybridized carbons (Fsp3) is 0.833. The van der Waals surface area contributed by atoms with Crippen LogP contribution in [0.25, 0.3) is 0 Å². The number of hydrogen-bond acceptors (Lipinski definition) is 4. The molecule has 2 atom stereocenters. The van der Waals surface area contributed by atoms with Gasteiger partial charge in [0.15, 0.2) is 5.69 Å². The summed E-state index contributed by atoms with van der Waals surface area (Å²) in [4.78, 5) is 12.4. The van der Waals surface area contributed by atoms with Crippen molar-refractivity contribution in [3.63, 3.8) is 0 Å². The molecule has 25 heavy (non-hydrogen) atoms. The molecule has 5 nitrogen and oxygen atoms in total. The van der Waals surface area contributed by atoms with Crippen LogP contribution in [0.15, 0.2) is 0 Å². The van der Waals surface area contributed by atoms with Crippen LogP contribution in [-0.2, 0) is 28.9 Å². The minimum absolute atomic E-state index is 0.278. The number of esters is 1. The van der Waals surface area contributed by atoms with E-state index in [1.54, 1.807) is 7.05 Å². The quantitative estimate of drug-likeness (QED) is 0.718. The van der Waals surface area contributed by atoms with Crippen LogP contribution in [0, 0.1) is 5.92 Å². The number of hydrogen-bond donors (Lipinski definition) is 0. The first kappa shape index (κ1) is 19.8. The third-order valence-electron chi connectivity index (χ3n) is 5.29. The monoisotopic (exact) mass is 357 g/mol. The first-order valence-corrected chi connectivity index (χ1v) is 9.22. The third-order valence-corrected chi connectivity index (χ3v) is 5.29. The van der Waals surface area contributed by atoms with E-state index in [4.69, 9.17) is 4.74 Å². The number of carbonyl (C=O) groups is 1. The molecule has 2 rings (SSSR count). The van der Waals surface area contributed by atoms with Crippen LogP contribution in [0.3, 0.4) is 0 Å². The van der Waals surface area contributed by atoms with Gasteiger partial charge in [-0.15, -0.1) is 5.10 Å². The highest BCUT2D eigenvalue weighted by atomic mass is 19.3. The SMILES string of the molecule is CCCC(C)(CC)OC(=O)CC1CCCCc2c(nnn2C)C1(F)F. The van der Waals surface area contributed by atoms with Gasteiger partial charge in [-0.2, -0.15) is 8.78 Å². The Morgan fingerprint density at radius 2 is 2.12 bits per heavy atom. The maximum absolute atomic E-state index is 15.0.